The molecule has 70 valence electrons. The fourth-order valence-corrected chi connectivity index (χ4v) is 2.04. The first-order valence-corrected chi connectivity index (χ1v) is 5.19. The lowest BCUT2D eigenvalue weighted by molar-refractivity contribution is 0.484. The van der Waals surface area contributed by atoms with Crippen molar-refractivity contribution in [2.24, 2.45) is 5.92 Å². The maximum Gasteiger partial charge on any atom is 0.166 e. The SMILES string of the molecule is CCNC(=S)NC1CCCC1C. The molecular weight excluding hydrogens is 168 g/mol. The molecule has 0 aromatic carbocycles. The quantitative estimate of drug-likeness (QED) is 0.641. The van der Waals surface area contributed by atoms with Gasteiger partial charge in [-0.1, -0.05) is 13.3 Å². The highest BCUT2D eigenvalue weighted by molar-refractivity contribution is 7.80. The van der Waals surface area contributed by atoms with Crippen molar-refractivity contribution in [2.75, 3.05) is 6.54 Å². The van der Waals surface area contributed by atoms with Crippen molar-refractivity contribution < 1.29 is 0 Å². The molecule has 0 saturated heterocycles. The van der Waals surface area contributed by atoms with Gasteiger partial charge in [-0.3, -0.25) is 0 Å². The minimum atomic E-state index is 0.608. The van der Waals surface area contributed by atoms with E-state index >= 15 is 0 Å². The summed E-state index contributed by atoms with van der Waals surface area (Å²) in [5.74, 6) is 0.779. The summed E-state index contributed by atoms with van der Waals surface area (Å²) >= 11 is 5.12. The topological polar surface area (TPSA) is 24.1 Å². The Morgan fingerprint density at radius 3 is 2.75 bits per heavy atom. The van der Waals surface area contributed by atoms with Crippen molar-refractivity contribution in [1.29, 1.82) is 0 Å². The Bertz CT molecular complexity index is 159. The summed E-state index contributed by atoms with van der Waals surface area (Å²) in [6.45, 7) is 5.26. The predicted octanol–water partition coefficient (Wildman–Crippen LogP) is 1.66. The molecule has 2 unspecified atom stereocenters. The summed E-state index contributed by atoms with van der Waals surface area (Å²) in [5.41, 5.74) is 0. The lowest BCUT2D eigenvalue weighted by atomic mass is 10.1. The molecule has 0 spiro atoms. The number of thiocarbonyl (C=S) groups is 1. The summed E-state index contributed by atoms with van der Waals surface area (Å²) in [4.78, 5) is 0. The highest BCUT2D eigenvalue weighted by atomic mass is 32.1. The van der Waals surface area contributed by atoms with Crippen LogP contribution in [0.15, 0.2) is 0 Å². The zero-order chi connectivity index (χ0) is 8.97. The van der Waals surface area contributed by atoms with E-state index in [-0.39, 0.29) is 0 Å². The van der Waals surface area contributed by atoms with Gasteiger partial charge >= 0.3 is 0 Å². The lowest BCUT2D eigenvalue weighted by Crippen LogP contribution is -2.42. The van der Waals surface area contributed by atoms with E-state index in [1.807, 2.05) is 0 Å². The molecule has 2 atom stereocenters. The van der Waals surface area contributed by atoms with E-state index in [9.17, 15) is 0 Å². The smallest absolute Gasteiger partial charge is 0.166 e. The van der Waals surface area contributed by atoms with Crippen LogP contribution in [0.4, 0.5) is 0 Å². The lowest BCUT2D eigenvalue weighted by Gasteiger charge is -2.19. The van der Waals surface area contributed by atoms with Gasteiger partial charge in [0, 0.05) is 12.6 Å². The van der Waals surface area contributed by atoms with E-state index in [4.69, 9.17) is 12.2 Å². The van der Waals surface area contributed by atoms with Gasteiger partial charge < -0.3 is 10.6 Å². The molecule has 0 radical (unpaired) electrons. The molecule has 1 fully saturated rings. The summed E-state index contributed by atoms with van der Waals surface area (Å²) in [7, 11) is 0. The fraction of sp³-hybridized carbons (Fsp3) is 0.889. The fourth-order valence-electron chi connectivity index (χ4n) is 1.74. The molecule has 1 saturated carbocycles. The third-order valence-corrected chi connectivity index (χ3v) is 2.78. The maximum atomic E-state index is 5.12. The van der Waals surface area contributed by atoms with E-state index < -0.39 is 0 Å². The highest BCUT2D eigenvalue weighted by Crippen LogP contribution is 2.24. The number of nitrogens with one attached hydrogen (secondary N) is 2. The summed E-state index contributed by atoms with van der Waals surface area (Å²) < 4.78 is 0. The molecular formula is C9H18N2S. The highest BCUT2D eigenvalue weighted by Gasteiger charge is 2.23. The molecule has 3 heteroatoms. The van der Waals surface area contributed by atoms with Crippen molar-refractivity contribution in [2.45, 2.75) is 39.2 Å². The zero-order valence-electron chi connectivity index (χ0n) is 7.89. The van der Waals surface area contributed by atoms with Crippen molar-refractivity contribution in [3.8, 4) is 0 Å². The standard InChI is InChI=1S/C9H18N2S/c1-3-10-9(12)11-8-6-4-5-7(8)2/h7-8H,3-6H2,1-2H3,(H2,10,11,12). The second-order valence-electron chi connectivity index (χ2n) is 3.52. The third kappa shape index (κ3) is 2.63. The van der Waals surface area contributed by atoms with Gasteiger partial charge in [0.05, 0.1) is 0 Å². The van der Waals surface area contributed by atoms with Crippen molar-refractivity contribution in [1.82, 2.24) is 10.6 Å². The molecule has 0 aliphatic heterocycles. The Balaban J connectivity index is 2.25. The van der Waals surface area contributed by atoms with Crippen LogP contribution in [0.3, 0.4) is 0 Å². The molecule has 2 N–H and O–H groups in total. The van der Waals surface area contributed by atoms with Gasteiger partial charge in [-0.2, -0.15) is 0 Å². The molecule has 12 heavy (non-hydrogen) atoms. The van der Waals surface area contributed by atoms with Crippen LogP contribution in [0.5, 0.6) is 0 Å². The molecule has 1 aliphatic rings. The van der Waals surface area contributed by atoms with Gasteiger partial charge in [-0.25, -0.2) is 0 Å². The van der Waals surface area contributed by atoms with Crippen molar-refractivity contribution in [3.05, 3.63) is 0 Å². The van der Waals surface area contributed by atoms with Crippen LogP contribution in [0, 0.1) is 5.92 Å². The van der Waals surface area contributed by atoms with E-state index in [0.29, 0.717) is 6.04 Å². The first-order chi connectivity index (χ1) is 5.74. The molecule has 0 amide bonds. The largest absolute Gasteiger partial charge is 0.363 e. The first kappa shape index (κ1) is 9.78. The molecule has 0 aromatic heterocycles. The van der Waals surface area contributed by atoms with Gasteiger partial charge in [-0.05, 0) is 37.9 Å². The minimum absolute atomic E-state index is 0.608. The Morgan fingerprint density at radius 2 is 2.25 bits per heavy atom. The van der Waals surface area contributed by atoms with Crippen LogP contribution in [0.25, 0.3) is 0 Å². The number of rotatable bonds is 2. The molecule has 2 nitrogen and oxygen atoms in total. The van der Waals surface area contributed by atoms with Crippen LogP contribution in [0.1, 0.15) is 33.1 Å². The van der Waals surface area contributed by atoms with Crippen LogP contribution in [-0.2, 0) is 0 Å². The molecule has 0 bridgehead atoms. The molecule has 0 aromatic rings. The third-order valence-electron chi connectivity index (χ3n) is 2.52. The summed E-state index contributed by atoms with van der Waals surface area (Å²) in [6.07, 6.45) is 3.95. The van der Waals surface area contributed by atoms with Crippen LogP contribution >= 0.6 is 12.2 Å². The minimum Gasteiger partial charge on any atom is -0.363 e. The van der Waals surface area contributed by atoms with Crippen LogP contribution in [0.2, 0.25) is 0 Å². The monoisotopic (exact) mass is 186 g/mol. The summed E-state index contributed by atoms with van der Waals surface area (Å²) in [5, 5.41) is 7.28. The number of hydrogen-bond acceptors (Lipinski definition) is 1. The van der Waals surface area contributed by atoms with E-state index in [2.05, 4.69) is 24.5 Å². The van der Waals surface area contributed by atoms with E-state index in [1.165, 1.54) is 19.3 Å². The van der Waals surface area contributed by atoms with Crippen LogP contribution in [-0.4, -0.2) is 17.7 Å². The Hall–Kier alpha value is -0.310. The van der Waals surface area contributed by atoms with Gasteiger partial charge in [0.25, 0.3) is 0 Å². The average Bonchev–Trinajstić information content (AvgIpc) is 2.37. The first-order valence-electron chi connectivity index (χ1n) is 4.78. The van der Waals surface area contributed by atoms with Gasteiger partial charge in [0.15, 0.2) is 5.11 Å². The van der Waals surface area contributed by atoms with E-state index in [1.54, 1.807) is 0 Å². The Labute approximate surface area is 80.1 Å². The van der Waals surface area contributed by atoms with Gasteiger partial charge in [-0.15, -0.1) is 0 Å². The summed E-state index contributed by atoms with van der Waals surface area (Å²) in [6, 6.07) is 0.608. The maximum absolute atomic E-state index is 5.12. The Kier molecular flexibility index (Phi) is 3.79. The van der Waals surface area contributed by atoms with Crippen molar-refractivity contribution in [3.63, 3.8) is 0 Å². The number of hydrogen-bond donors (Lipinski definition) is 2. The molecule has 1 aliphatic carbocycles. The van der Waals surface area contributed by atoms with E-state index in [0.717, 1.165) is 17.6 Å². The van der Waals surface area contributed by atoms with Gasteiger partial charge in [0.1, 0.15) is 0 Å². The normalized spacial score (nSPS) is 28.5. The van der Waals surface area contributed by atoms with Crippen LogP contribution < -0.4 is 10.6 Å². The Morgan fingerprint density at radius 1 is 1.50 bits per heavy atom. The second-order valence-corrected chi connectivity index (χ2v) is 3.93. The van der Waals surface area contributed by atoms with Gasteiger partial charge in [0.2, 0.25) is 0 Å². The molecule has 1 rings (SSSR count). The molecule has 0 heterocycles. The predicted molar refractivity (Wildman–Crippen MR) is 56.2 cm³/mol. The second kappa shape index (κ2) is 4.65. The average molecular weight is 186 g/mol. The zero-order valence-corrected chi connectivity index (χ0v) is 8.71. The van der Waals surface area contributed by atoms with Crippen molar-refractivity contribution >= 4 is 17.3 Å².